The second-order valence-electron chi connectivity index (χ2n) is 15.6. The summed E-state index contributed by atoms with van der Waals surface area (Å²) in [7, 11) is 0. The predicted octanol–water partition coefficient (Wildman–Crippen LogP) is 16.5. The molecule has 57 heavy (non-hydrogen) atoms. The lowest BCUT2D eigenvalue weighted by molar-refractivity contribution is 0.659. The van der Waals surface area contributed by atoms with E-state index >= 15 is 0 Å². The summed E-state index contributed by atoms with van der Waals surface area (Å²) < 4.78 is 1.31. The van der Waals surface area contributed by atoms with Crippen LogP contribution in [0.2, 0.25) is 0 Å². The minimum Gasteiger partial charge on any atom is -0.135 e. The smallest absolute Gasteiger partial charge is 0.0355 e. The second-order valence-corrected chi connectivity index (χ2v) is 16.7. The molecule has 0 aliphatic heterocycles. The zero-order valence-corrected chi connectivity index (χ0v) is 35.9. The fraction of sp³-hybridized carbons (Fsp3) is 0.179. The number of thiophene rings is 1. The second kappa shape index (κ2) is 18.0. The summed E-state index contributed by atoms with van der Waals surface area (Å²) in [4.78, 5) is 1.21. The maximum Gasteiger partial charge on any atom is 0.0355 e. The van der Waals surface area contributed by atoms with E-state index in [9.17, 15) is 0 Å². The molecule has 7 aromatic carbocycles. The van der Waals surface area contributed by atoms with E-state index in [2.05, 4.69) is 196 Å². The number of aryl methyl sites for hydroxylation is 6. The molecule has 0 saturated heterocycles. The summed E-state index contributed by atoms with van der Waals surface area (Å²) in [5.41, 5.74) is 17.9. The average Bonchev–Trinajstić information content (AvgIpc) is 3.69. The Hall–Kier alpha value is -5.76. The fourth-order valence-corrected chi connectivity index (χ4v) is 9.03. The zero-order valence-electron chi connectivity index (χ0n) is 35.0. The van der Waals surface area contributed by atoms with E-state index in [0.717, 1.165) is 6.42 Å². The average molecular weight is 761 g/mol. The third kappa shape index (κ3) is 8.80. The number of fused-ring (bicyclic) bond motifs is 6. The Morgan fingerprint density at radius 2 is 1.12 bits per heavy atom. The van der Waals surface area contributed by atoms with Gasteiger partial charge in [-0.15, -0.1) is 11.3 Å². The van der Waals surface area contributed by atoms with Crippen LogP contribution in [0.15, 0.2) is 159 Å². The maximum atomic E-state index is 3.85. The number of hydrogen-bond donors (Lipinski definition) is 0. The maximum absolute atomic E-state index is 3.85. The van der Waals surface area contributed by atoms with Crippen LogP contribution in [0.25, 0.3) is 55.3 Å². The number of rotatable bonds is 4. The minimum atomic E-state index is 0.0888. The Morgan fingerprint density at radius 1 is 0.509 bits per heavy atom. The van der Waals surface area contributed by atoms with Crippen molar-refractivity contribution in [1.29, 1.82) is 0 Å². The summed E-state index contributed by atoms with van der Waals surface area (Å²) in [5.74, 6) is 0. The van der Waals surface area contributed by atoms with E-state index < -0.39 is 0 Å². The standard InChI is InChI=1S/C21H20.C15H16.C13H12S.C7H8/c1-13-9-10-17-18(11-13)21(3,4)19-12-14(2)15-7-5-6-8-16(15)20(17)19;1-3-13-9-5-7-11-15(13)14-10-6-4-8-12(14)2;1-4-10-11-8-9(3)6-7-13(11)14-12(10)5-2;1-7-5-3-2-4-6-7/h5-12H,1-4H3;4-11H,3H2,1-2H3;4-8H,1-2H2,3H3;2-6H,1H3. The van der Waals surface area contributed by atoms with Crippen molar-refractivity contribution in [2.45, 2.75) is 67.2 Å². The Balaban J connectivity index is 0.000000136. The Labute approximate surface area is 345 Å². The van der Waals surface area contributed by atoms with Gasteiger partial charge in [-0.25, -0.2) is 0 Å². The van der Waals surface area contributed by atoms with Crippen molar-refractivity contribution in [3.63, 3.8) is 0 Å². The highest BCUT2D eigenvalue weighted by molar-refractivity contribution is 7.20. The van der Waals surface area contributed by atoms with Gasteiger partial charge in [-0.05, 0) is 120 Å². The first-order valence-corrected chi connectivity index (χ1v) is 20.9. The third-order valence-corrected chi connectivity index (χ3v) is 12.3. The van der Waals surface area contributed by atoms with Gasteiger partial charge < -0.3 is 0 Å². The lowest BCUT2D eigenvalue weighted by Crippen LogP contribution is -2.15. The summed E-state index contributed by atoms with van der Waals surface area (Å²) in [6, 6.07) is 52.1. The molecular weight excluding hydrogens is 705 g/mol. The molecular formula is C56H56S. The predicted molar refractivity (Wildman–Crippen MR) is 255 cm³/mol. The van der Waals surface area contributed by atoms with E-state index in [0.29, 0.717) is 0 Å². The molecule has 0 spiro atoms. The van der Waals surface area contributed by atoms with Crippen molar-refractivity contribution in [3.05, 3.63) is 214 Å². The van der Waals surface area contributed by atoms with Crippen molar-refractivity contribution < 1.29 is 0 Å². The van der Waals surface area contributed by atoms with Crippen LogP contribution in [-0.2, 0) is 11.8 Å². The van der Waals surface area contributed by atoms with E-state index in [1.165, 1.54) is 98.1 Å². The largest absolute Gasteiger partial charge is 0.135 e. The molecule has 0 fully saturated rings. The third-order valence-electron chi connectivity index (χ3n) is 11.1. The SMILES string of the molecule is C=Cc1sc2ccc(C)cc2c1C=C.CCc1ccccc1-c1ccccc1C.Cc1ccc2c(c1)C(C)(C)c1cc(C)c3ccccc3c1-2.Cc1ccccc1. The molecule has 0 saturated carbocycles. The molecule has 0 atom stereocenters. The number of benzene rings is 7. The molecule has 1 heterocycles. The van der Waals surface area contributed by atoms with Crippen molar-refractivity contribution in [1.82, 2.24) is 0 Å². The van der Waals surface area contributed by atoms with Gasteiger partial charge in [0.15, 0.2) is 0 Å². The van der Waals surface area contributed by atoms with Crippen LogP contribution < -0.4 is 0 Å². The van der Waals surface area contributed by atoms with Crippen LogP contribution in [0.5, 0.6) is 0 Å². The molecule has 0 unspecified atom stereocenters. The van der Waals surface area contributed by atoms with Crippen LogP contribution in [0, 0.1) is 34.6 Å². The first-order valence-electron chi connectivity index (χ1n) is 20.1. The topological polar surface area (TPSA) is 0 Å². The van der Waals surface area contributed by atoms with Gasteiger partial charge in [0.2, 0.25) is 0 Å². The van der Waals surface area contributed by atoms with Crippen LogP contribution in [0.3, 0.4) is 0 Å². The van der Waals surface area contributed by atoms with Crippen molar-refractivity contribution in [2.75, 3.05) is 0 Å². The molecule has 0 N–H and O–H groups in total. The zero-order chi connectivity index (χ0) is 40.7. The molecule has 286 valence electrons. The van der Waals surface area contributed by atoms with Gasteiger partial charge in [0, 0.05) is 20.4 Å². The van der Waals surface area contributed by atoms with Gasteiger partial charge in [0.25, 0.3) is 0 Å². The summed E-state index contributed by atoms with van der Waals surface area (Å²) in [6.07, 6.45) is 4.90. The number of hydrogen-bond acceptors (Lipinski definition) is 1. The summed E-state index contributed by atoms with van der Waals surface area (Å²) in [6.45, 7) is 25.4. The molecule has 0 amide bonds. The molecule has 1 aliphatic carbocycles. The highest BCUT2D eigenvalue weighted by Crippen LogP contribution is 2.52. The fourth-order valence-electron chi connectivity index (χ4n) is 7.99. The van der Waals surface area contributed by atoms with E-state index in [1.54, 1.807) is 11.3 Å². The van der Waals surface area contributed by atoms with Crippen LogP contribution >= 0.6 is 11.3 Å². The van der Waals surface area contributed by atoms with Crippen LogP contribution in [-0.4, -0.2) is 0 Å². The lowest BCUT2D eigenvalue weighted by Gasteiger charge is -2.22. The Bertz CT molecular complexity index is 2670. The first kappa shape index (κ1) is 40.9. The normalized spacial score (nSPS) is 11.9. The van der Waals surface area contributed by atoms with Gasteiger partial charge >= 0.3 is 0 Å². The lowest BCUT2D eigenvalue weighted by atomic mass is 9.81. The highest BCUT2D eigenvalue weighted by Gasteiger charge is 2.36. The Morgan fingerprint density at radius 3 is 1.77 bits per heavy atom. The molecule has 1 heteroatoms. The quantitative estimate of drug-likeness (QED) is 0.168. The summed E-state index contributed by atoms with van der Waals surface area (Å²) >= 11 is 1.77. The monoisotopic (exact) mass is 760 g/mol. The van der Waals surface area contributed by atoms with Crippen molar-refractivity contribution in [2.24, 2.45) is 0 Å². The highest BCUT2D eigenvalue weighted by atomic mass is 32.1. The molecule has 9 rings (SSSR count). The molecule has 0 radical (unpaired) electrons. The molecule has 0 bridgehead atoms. The van der Waals surface area contributed by atoms with Gasteiger partial charge in [0.05, 0.1) is 0 Å². The molecule has 1 aromatic heterocycles. The van der Waals surface area contributed by atoms with Gasteiger partial charge in [-0.3, -0.25) is 0 Å². The van der Waals surface area contributed by atoms with E-state index in [4.69, 9.17) is 0 Å². The van der Waals surface area contributed by atoms with Gasteiger partial charge in [-0.1, -0.05) is 196 Å². The van der Waals surface area contributed by atoms with Gasteiger partial charge in [0.1, 0.15) is 0 Å². The van der Waals surface area contributed by atoms with Crippen molar-refractivity contribution in [3.8, 4) is 22.3 Å². The minimum absolute atomic E-state index is 0.0888. The molecule has 0 nitrogen and oxygen atoms in total. The van der Waals surface area contributed by atoms with Crippen LogP contribution in [0.4, 0.5) is 0 Å². The van der Waals surface area contributed by atoms with E-state index in [1.807, 2.05) is 30.4 Å². The first-order chi connectivity index (χ1) is 27.5. The molecule has 8 aromatic rings. The Kier molecular flexibility index (Phi) is 12.9. The van der Waals surface area contributed by atoms with E-state index in [-0.39, 0.29) is 5.41 Å². The van der Waals surface area contributed by atoms with Crippen LogP contribution in [0.1, 0.15) is 75.7 Å². The summed E-state index contributed by atoms with van der Waals surface area (Å²) in [5, 5.41) is 4.06. The van der Waals surface area contributed by atoms with Gasteiger partial charge in [-0.2, -0.15) is 0 Å². The van der Waals surface area contributed by atoms with Crippen molar-refractivity contribution >= 4 is 44.3 Å². The molecule has 1 aliphatic rings.